The third kappa shape index (κ3) is 5.58. The maximum atomic E-state index is 13.8. The van der Waals surface area contributed by atoms with Gasteiger partial charge in [-0.1, -0.05) is 12.2 Å². The van der Waals surface area contributed by atoms with Crippen LogP contribution in [-0.2, 0) is 14.3 Å². The summed E-state index contributed by atoms with van der Waals surface area (Å²) in [7, 11) is 3.88. The van der Waals surface area contributed by atoms with Gasteiger partial charge in [0.25, 0.3) is 0 Å². The Morgan fingerprint density at radius 2 is 1.88 bits per heavy atom. The fourth-order valence-corrected chi connectivity index (χ4v) is 7.41. The van der Waals surface area contributed by atoms with Crippen molar-refractivity contribution < 1.29 is 19.1 Å². The van der Waals surface area contributed by atoms with E-state index in [1.165, 1.54) is 0 Å². The molecule has 2 bridgehead atoms. The van der Waals surface area contributed by atoms with Crippen LogP contribution in [0.3, 0.4) is 0 Å². The summed E-state index contributed by atoms with van der Waals surface area (Å²) in [5, 5.41) is 18.7. The number of benzene rings is 1. The van der Waals surface area contributed by atoms with Crippen molar-refractivity contribution in [3.05, 3.63) is 30.4 Å². The number of ether oxygens (including phenoxy) is 2. The molecule has 6 unspecified atom stereocenters. The first-order valence-electron chi connectivity index (χ1n) is 15.8. The summed E-state index contributed by atoms with van der Waals surface area (Å²) in [6, 6.07) is 6.22. The molecule has 1 aromatic carbocycles. The molecular weight excluding hydrogens is 550 g/mol. The van der Waals surface area contributed by atoms with E-state index in [-0.39, 0.29) is 55.2 Å². The van der Waals surface area contributed by atoms with E-state index in [0.29, 0.717) is 19.6 Å². The number of anilines is 2. The van der Waals surface area contributed by atoms with Gasteiger partial charge in [0.15, 0.2) is 0 Å². The molecule has 13 nitrogen and oxygen atoms in total. The zero-order valence-corrected chi connectivity index (χ0v) is 25.2. The van der Waals surface area contributed by atoms with Crippen molar-refractivity contribution in [1.29, 1.82) is 0 Å². The summed E-state index contributed by atoms with van der Waals surface area (Å²) in [4.78, 5) is 33.3. The van der Waals surface area contributed by atoms with Gasteiger partial charge in [-0.2, -0.15) is 5.01 Å². The van der Waals surface area contributed by atoms with Crippen molar-refractivity contribution in [2.45, 2.75) is 56.6 Å². The second kappa shape index (κ2) is 12.2. The van der Waals surface area contributed by atoms with E-state index in [0.717, 1.165) is 69.0 Å². The molecule has 5 saturated heterocycles. The third-order valence-electron chi connectivity index (χ3n) is 9.78. The number of likely N-dealkylation sites (N-methyl/N-ethyl adjacent to an activating group) is 1. The van der Waals surface area contributed by atoms with Gasteiger partial charge < -0.3 is 29.5 Å². The topological polar surface area (TPSA) is 117 Å². The largest absolute Gasteiger partial charge is 0.495 e. The molecule has 0 aromatic heterocycles. The summed E-state index contributed by atoms with van der Waals surface area (Å²) < 4.78 is 11.7. The van der Waals surface area contributed by atoms with Gasteiger partial charge in [0.05, 0.1) is 43.7 Å². The Bertz CT molecular complexity index is 1220. The molecule has 0 saturated carbocycles. The first kappa shape index (κ1) is 28.8. The van der Waals surface area contributed by atoms with Crippen LogP contribution < -0.4 is 30.9 Å². The van der Waals surface area contributed by atoms with E-state index in [1.807, 2.05) is 22.0 Å². The molecule has 4 N–H and O–H groups in total. The third-order valence-corrected chi connectivity index (χ3v) is 9.78. The molecule has 43 heavy (non-hydrogen) atoms. The summed E-state index contributed by atoms with van der Waals surface area (Å²) in [6.07, 6.45) is 6.85. The lowest BCUT2D eigenvalue weighted by Crippen LogP contribution is -2.72. The number of carbonyl (C=O) groups is 2. The van der Waals surface area contributed by atoms with Crippen LogP contribution >= 0.6 is 0 Å². The molecule has 6 atom stereocenters. The average Bonchev–Trinajstić information content (AvgIpc) is 3.29. The molecular formula is C30H45N9O4. The van der Waals surface area contributed by atoms with Gasteiger partial charge in [-0.3, -0.25) is 30.5 Å². The van der Waals surface area contributed by atoms with E-state index in [2.05, 4.69) is 61.3 Å². The first-order valence-corrected chi connectivity index (χ1v) is 15.8. The molecule has 6 aliphatic rings. The minimum absolute atomic E-state index is 0.0300. The van der Waals surface area contributed by atoms with E-state index in [4.69, 9.17) is 9.47 Å². The summed E-state index contributed by atoms with van der Waals surface area (Å²) in [5.74, 6) is 0.782. The number of piperazine rings is 1. The maximum Gasteiger partial charge on any atom is 0.249 e. The first-order chi connectivity index (χ1) is 21.0. The molecule has 234 valence electrons. The van der Waals surface area contributed by atoms with Crippen LogP contribution in [0.1, 0.15) is 25.7 Å². The highest BCUT2D eigenvalue weighted by Crippen LogP contribution is 2.35. The molecule has 7 rings (SSSR count). The minimum Gasteiger partial charge on any atom is -0.495 e. The Labute approximate surface area is 253 Å². The van der Waals surface area contributed by atoms with E-state index in [1.54, 1.807) is 7.11 Å². The number of piperidine rings is 1. The van der Waals surface area contributed by atoms with Crippen LogP contribution in [-0.4, -0.2) is 129 Å². The molecule has 1 aromatic rings. The number of hydrogen-bond acceptors (Lipinski definition) is 11. The predicted octanol–water partition coefficient (Wildman–Crippen LogP) is -0.0502. The minimum atomic E-state index is -0.243. The van der Waals surface area contributed by atoms with Gasteiger partial charge in [0.1, 0.15) is 24.8 Å². The summed E-state index contributed by atoms with van der Waals surface area (Å²) in [5.41, 5.74) is 2.06. The molecule has 0 radical (unpaired) electrons. The Kier molecular flexibility index (Phi) is 8.18. The van der Waals surface area contributed by atoms with Gasteiger partial charge >= 0.3 is 0 Å². The van der Waals surface area contributed by atoms with Gasteiger partial charge in [-0.25, -0.2) is 0 Å². The molecule has 2 amide bonds. The van der Waals surface area contributed by atoms with Crippen molar-refractivity contribution in [3.8, 4) is 5.75 Å². The van der Waals surface area contributed by atoms with Gasteiger partial charge in [0.2, 0.25) is 11.8 Å². The quantitative estimate of drug-likeness (QED) is 0.351. The number of nitrogens with one attached hydrogen (secondary N) is 4. The van der Waals surface area contributed by atoms with Crippen LogP contribution in [0.15, 0.2) is 30.4 Å². The number of methoxy groups -OCH3 is 1. The number of morpholine rings is 1. The molecule has 0 spiro atoms. The molecule has 13 heteroatoms. The van der Waals surface area contributed by atoms with Gasteiger partial charge in [-0.15, -0.1) is 0 Å². The standard InChI is InChI=1S/C30H45N9O4/c1-35-13-15-36(16-14-35)22-17-20(7-8-23(22)42-2)32-30-31-18-21-27(34-30)39-25-10-9-24-28(33-25)37(26(40)19-43-24)11-5-3-4-6-12-38(39)29(21)41/h4,6-8,17,21,24-25,27-28,30-34H,3,5,9-16,18-19H2,1-2H3/b6-4-. The number of carbonyl (C=O) groups excluding carboxylic acids is 2. The monoisotopic (exact) mass is 595 g/mol. The van der Waals surface area contributed by atoms with Crippen LogP contribution in [0.2, 0.25) is 0 Å². The average molecular weight is 596 g/mol. The van der Waals surface area contributed by atoms with Crippen molar-refractivity contribution in [3.63, 3.8) is 0 Å². The normalized spacial score (nSPS) is 34.6. The van der Waals surface area contributed by atoms with Gasteiger partial charge in [0, 0.05) is 45.0 Å². The Morgan fingerprint density at radius 1 is 1.02 bits per heavy atom. The Hall–Kier alpha value is -2.94. The SMILES string of the molecule is COc1ccc(NC2NCC3C(=O)N4C/C=C\CCCN5C(=O)COC6CCC(NC65)N4C3N2)cc1N1CCN(C)CC1. The van der Waals surface area contributed by atoms with Crippen LogP contribution in [0.25, 0.3) is 0 Å². The lowest BCUT2D eigenvalue weighted by atomic mass is 9.99. The Morgan fingerprint density at radius 3 is 2.72 bits per heavy atom. The number of rotatable bonds is 4. The second-order valence-electron chi connectivity index (χ2n) is 12.4. The number of nitrogens with zero attached hydrogens (tertiary/aromatic N) is 5. The zero-order valence-electron chi connectivity index (χ0n) is 25.2. The zero-order chi connectivity index (χ0) is 29.5. The fourth-order valence-electron chi connectivity index (χ4n) is 7.41. The number of hydrogen-bond donors (Lipinski definition) is 4. The highest BCUT2D eigenvalue weighted by atomic mass is 16.5. The van der Waals surface area contributed by atoms with Crippen molar-refractivity contribution in [2.75, 3.05) is 76.8 Å². The van der Waals surface area contributed by atoms with Gasteiger partial charge in [-0.05, 0) is 50.9 Å². The van der Waals surface area contributed by atoms with Crippen molar-refractivity contribution in [2.24, 2.45) is 5.92 Å². The van der Waals surface area contributed by atoms with Crippen molar-refractivity contribution in [1.82, 2.24) is 35.8 Å². The maximum absolute atomic E-state index is 13.8. The summed E-state index contributed by atoms with van der Waals surface area (Å²) in [6.45, 7) is 5.86. The lowest BCUT2D eigenvalue weighted by Gasteiger charge is -2.50. The second-order valence-corrected chi connectivity index (χ2v) is 12.4. The number of allylic oxidation sites excluding steroid dienone is 1. The smallest absolute Gasteiger partial charge is 0.249 e. The fraction of sp³-hybridized carbons (Fsp3) is 0.667. The van der Waals surface area contributed by atoms with Crippen LogP contribution in [0, 0.1) is 5.92 Å². The molecule has 6 heterocycles. The lowest BCUT2D eigenvalue weighted by molar-refractivity contribution is -0.176. The number of fused-ring (bicyclic) bond motifs is 5. The van der Waals surface area contributed by atoms with E-state index >= 15 is 0 Å². The van der Waals surface area contributed by atoms with Crippen LogP contribution in [0.5, 0.6) is 5.75 Å². The van der Waals surface area contributed by atoms with E-state index in [9.17, 15) is 9.59 Å². The molecule has 6 aliphatic heterocycles. The predicted molar refractivity (Wildman–Crippen MR) is 162 cm³/mol. The Balaban J connectivity index is 1.11. The highest BCUT2D eigenvalue weighted by molar-refractivity contribution is 5.82. The van der Waals surface area contributed by atoms with E-state index < -0.39 is 0 Å². The molecule has 0 aliphatic carbocycles. The van der Waals surface area contributed by atoms with Crippen molar-refractivity contribution >= 4 is 23.2 Å². The number of amides is 2. The van der Waals surface area contributed by atoms with Crippen LogP contribution in [0.4, 0.5) is 11.4 Å². The highest BCUT2D eigenvalue weighted by Gasteiger charge is 2.53. The summed E-state index contributed by atoms with van der Waals surface area (Å²) >= 11 is 0. The molecule has 5 fully saturated rings. The number of hydrazine groups is 1.